The summed E-state index contributed by atoms with van der Waals surface area (Å²) in [6, 6.07) is 8.83. The van der Waals surface area contributed by atoms with Crippen LogP contribution in [0.5, 0.6) is 0 Å². The molecular formula is C14H17NO3S. The molecule has 0 aliphatic heterocycles. The highest BCUT2D eigenvalue weighted by atomic mass is 32.2. The fourth-order valence-electron chi connectivity index (χ4n) is 1.85. The van der Waals surface area contributed by atoms with Crippen LogP contribution in [0.4, 0.5) is 5.69 Å². The van der Waals surface area contributed by atoms with Gasteiger partial charge in [-0.25, -0.2) is 8.42 Å². The average molecular weight is 279 g/mol. The molecule has 0 aliphatic rings. The van der Waals surface area contributed by atoms with Crippen LogP contribution in [0.25, 0.3) is 0 Å². The van der Waals surface area contributed by atoms with Gasteiger partial charge in [0.2, 0.25) is 0 Å². The molecule has 0 fully saturated rings. The predicted molar refractivity (Wildman–Crippen MR) is 74.8 cm³/mol. The molecule has 0 saturated carbocycles. The Morgan fingerprint density at radius 3 is 2.68 bits per heavy atom. The maximum Gasteiger partial charge on any atom is 0.180 e. The number of sulfone groups is 1. The minimum atomic E-state index is -3.22. The van der Waals surface area contributed by atoms with Gasteiger partial charge in [0.1, 0.15) is 0 Å². The summed E-state index contributed by atoms with van der Waals surface area (Å²) in [5, 5.41) is 3.14. The fraction of sp³-hybridized carbons (Fsp3) is 0.286. The van der Waals surface area contributed by atoms with E-state index in [2.05, 4.69) is 5.32 Å². The smallest absolute Gasteiger partial charge is 0.180 e. The van der Waals surface area contributed by atoms with Crippen molar-refractivity contribution >= 4 is 15.5 Å². The molecule has 0 saturated heterocycles. The summed E-state index contributed by atoms with van der Waals surface area (Å²) in [6.07, 6.45) is 3.84. The predicted octanol–water partition coefficient (Wildman–Crippen LogP) is 3.08. The molecule has 0 amide bonds. The zero-order valence-electron chi connectivity index (χ0n) is 10.8. The van der Waals surface area contributed by atoms with Crippen LogP contribution >= 0.6 is 0 Å². The van der Waals surface area contributed by atoms with E-state index < -0.39 is 9.84 Å². The van der Waals surface area contributed by atoms with Gasteiger partial charge in [-0.15, -0.1) is 0 Å². The van der Waals surface area contributed by atoms with Crippen molar-refractivity contribution < 1.29 is 12.8 Å². The molecule has 0 unspecified atom stereocenters. The molecule has 19 heavy (non-hydrogen) atoms. The number of nitrogens with one attached hydrogen (secondary N) is 1. The molecule has 1 aromatic carbocycles. The molecule has 5 heteroatoms. The van der Waals surface area contributed by atoms with Gasteiger partial charge in [-0.1, -0.05) is 19.1 Å². The average Bonchev–Trinajstić information content (AvgIpc) is 2.90. The van der Waals surface area contributed by atoms with Crippen molar-refractivity contribution in [2.24, 2.45) is 0 Å². The van der Waals surface area contributed by atoms with Gasteiger partial charge in [-0.05, 0) is 24.6 Å². The topological polar surface area (TPSA) is 59.3 Å². The summed E-state index contributed by atoms with van der Waals surface area (Å²) in [5.41, 5.74) is 1.61. The van der Waals surface area contributed by atoms with E-state index in [4.69, 9.17) is 4.42 Å². The Kier molecular flexibility index (Phi) is 4.27. The normalized spacial score (nSPS) is 11.4. The molecule has 2 aromatic rings. The molecule has 0 spiro atoms. The lowest BCUT2D eigenvalue weighted by molar-refractivity contribution is 0.564. The highest BCUT2D eigenvalue weighted by Crippen LogP contribution is 2.23. The number of hydrogen-bond donors (Lipinski definition) is 1. The van der Waals surface area contributed by atoms with Crippen molar-refractivity contribution in [3.05, 3.63) is 48.4 Å². The van der Waals surface area contributed by atoms with Gasteiger partial charge in [0.25, 0.3) is 0 Å². The lowest BCUT2D eigenvalue weighted by Crippen LogP contribution is -2.10. The minimum absolute atomic E-state index is 0.164. The van der Waals surface area contributed by atoms with Crippen molar-refractivity contribution in [3.63, 3.8) is 0 Å². The largest absolute Gasteiger partial charge is 0.472 e. The minimum Gasteiger partial charge on any atom is -0.472 e. The highest BCUT2D eigenvalue weighted by Gasteiger charge is 2.17. The van der Waals surface area contributed by atoms with E-state index in [9.17, 15) is 8.42 Å². The second kappa shape index (κ2) is 5.93. The molecular weight excluding hydrogens is 262 g/mol. The quantitative estimate of drug-likeness (QED) is 0.882. The van der Waals surface area contributed by atoms with Crippen LogP contribution in [0.1, 0.15) is 18.9 Å². The van der Waals surface area contributed by atoms with Crippen LogP contribution in [-0.4, -0.2) is 14.2 Å². The molecule has 1 N–H and O–H groups in total. The third-order valence-corrected chi connectivity index (χ3v) is 4.73. The lowest BCUT2D eigenvalue weighted by Gasteiger charge is -2.11. The van der Waals surface area contributed by atoms with E-state index in [1.54, 1.807) is 30.7 Å². The SMILES string of the molecule is CCCS(=O)(=O)c1ccccc1NCc1ccoc1. The third kappa shape index (κ3) is 3.38. The van der Waals surface area contributed by atoms with Gasteiger partial charge in [-0.2, -0.15) is 0 Å². The van der Waals surface area contributed by atoms with E-state index in [1.165, 1.54) is 0 Å². The number of para-hydroxylation sites is 1. The maximum absolute atomic E-state index is 12.2. The van der Waals surface area contributed by atoms with Crippen LogP contribution < -0.4 is 5.32 Å². The summed E-state index contributed by atoms with van der Waals surface area (Å²) >= 11 is 0. The van der Waals surface area contributed by atoms with E-state index in [1.807, 2.05) is 19.1 Å². The summed E-state index contributed by atoms with van der Waals surface area (Å²) in [5.74, 6) is 0.164. The van der Waals surface area contributed by atoms with Crippen LogP contribution in [0.3, 0.4) is 0 Å². The Balaban J connectivity index is 2.21. The van der Waals surface area contributed by atoms with Crippen molar-refractivity contribution in [2.75, 3.05) is 11.1 Å². The highest BCUT2D eigenvalue weighted by molar-refractivity contribution is 7.91. The second-order valence-corrected chi connectivity index (χ2v) is 6.38. The van der Waals surface area contributed by atoms with Gasteiger partial charge in [0.05, 0.1) is 28.9 Å². The Bertz CT molecular complexity index is 618. The molecule has 4 nitrogen and oxygen atoms in total. The Morgan fingerprint density at radius 1 is 1.21 bits per heavy atom. The first-order valence-electron chi connectivity index (χ1n) is 6.20. The number of rotatable bonds is 6. The van der Waals surface area contributed by atoms with Crippen LogP contribution in [0.2, 0.25) is 0 Å². The van der Waals surface area contributed by atoms with Crippen LogP contribution in [0.15, 0.2) is 52.2 Å². The monoisotopic (exact) mass is 279 g/mol. The number of benzene rings is 1. The van der Waals surface area contributed by atoms with Gasteiger partial charge in [0.15, 0.2) is 9.84 Å². The zero-order valence-corrected chi connectivity index (χ0v) is 11.6. The van der Waals surface area contributed by atoms with Crippen molar-refractivity contribution in [3.8, 4) is 0 Å². The third-order valence-electron chi connectivity index (χ3n) is 2.76. The van der Waals surface area contributed by atoms with Gasteiger partial charge >= 0.3 is 0 Å². The summed E-state index contributed by atoms with van der Waals surface area (Å²) in [6.45, 7) is 2.40. The molecule has 0 radical (unpaired) electrons. The molecule has 1 aromatic heterocycles. The van der Waals surface area contributed by atoms with Crippen LogP contribution in [-0.2, 0) is 16.4 Å². The van der Waals surface area contributed by atoms with E-state index in [0.29, 0.717) is 23.5 Å². The van der Waals surface area contributed by atoms with E-state index in [-0.39, 0.29) is 5.75 Å². The lowest BCUT2D eigenvalue weighted by atomic mass is 10.3. The molecule has 102 valence electrons. The standard InChI is InChI=1S/C14H17NO3S/c1-2-9-19(16,17)14-6-4-3-5-13(14)15-10-12-7-8-18-11-12/h3-8,11,15H,2,9-10H2,1H3. The first kappa shape index (κ1) is 13.7. The molecule has 0 bridgehead atoms. The van der Waals surface area contributed by atoms with Crippen molar-refractivity contribution in [2.45, 2.75) is 24.8 Å². The van der Waals surface area contributed by atoms with E-state index in [0.717, 1.165) is 5.56 Å². The van der Waals surface area contributed by atoms with Gasteiger partial charge < -0.3 is 9.73 Å². The summed E-state index contributed by atoms with van der Waals surface area (Å²) < 4.78 is 29.3. The zero-order chi connectivity index (χ0) is 13.7. The molecule has 2 rings (SSSR count). The number of hydrogen-bond acceptors (Lipinski definition) is 4. The second-order valence-electron chi connectivity index (χ2n) is 4.30. The van der Waals surface area contributed by atoms with E-state index >= 15 is 0 Å². The fourth-order valence-corrected chi connectivity index (χ4v) is 3.37. The molecule has 0 atom stereocenters. The summed E-state index contributed by atoms with van der Waals surface area (Å²) in [7, 11) is -3.22. The van der Waals surface area contributed by atoms with Crippen molar-refractivity contribution in [1.29, 1.82) is 0 Å². The van der Waals surface area contributed by atoms with Crippen molar-refractivity contribution in [1.82, 2.24) is 0 Å². The van der Waals surface area contributed by atoms with Gasteiger partial charge in [0, 0.05) is 12.1 Å². The Morgan fingerprint density at radius 2 is 2.00 bits per heavy atom. The first-order valence-corrected chi connectivity index (χ1v) is 7.85. The van der Waals surface area contributed by atoms with Crippen LogP contribution in [0, 0.1) is 0 Å². The number of anilines is 1. The molecule has 0 aliphatic carbocycles. The first-order chi connectivity index (χ1) is 9.13. The number of furan rings is 1. The maximum atomic E-state index is 12.2. The Labute approximate surface area is 113 Å². The summed E-state index contributed by atoms with van der Waals surface area (Å²) in [4.78, 5) is 0.361. The molecule has 1 heterocycles. The van der Waals surface area contributed by atoms with Gasteiger partial charge in [-0.3, -0.25) is 0 Å². The Hall–Kier alpha value is -1.75.